The number of fused-ring (bicyclic) bond motifs is 1. The molecule has 4 aromatic rings. The molecule has 4 rings (SSSR count). The van der Waals surface area contributed by atoms with Crippen LogP contribution in [0.25, 0.3) is 33.7 Å². The standard InChI is InChI=1S/C26H26N2O4S.2H2S/c1-15-19(17-8-5-4-6-9-17)10-7-11-20(15)25-28-21-12-18(23(33-3)13-22(21)32-25)14-27-24(16(2)29)26(30)31;;/h4-13,16,24,27,29H,14H2,1-3H3,(H,30,31);2*1H2/t16-,24-;;/m0../s1. The topological polar surface area (TPSA) is 95.6 Å². The lowest BCUT2D eigenvalue weighted by Crippen LogP contribution is -2.44. The second-order valence-corrected chi connectivity index (χ2v) is 8.78. The van der Waals surface area contributed by atoms with Crippen LogP contribution in [0.1, 0.15) is 18.1 Å². The summed E-state index contributed by atoms with van der Waals surface area (Å²) in [6.45, 7) is 3.82. The number of nitrogens with one attached hydrogen (secondary N) is 1. The molecule has 0 radical (unpaired) electrons. The zero-order valence-corrected chi connectivity index (χ0v) is 22.5. The predicted octanol–water partition coefficient (Wildman–Crippen LogP) is 5.34. The molecule has 3 aromatic carbocycles. The van der Waals surface area contributed by atoms with Crippen molar-refractivity contribution in [3.63, 3.8) is 0 Å². The Labute approximate surface area is 223 Å². The molecule has 0 fully saturated rings. The minimum Gasteiger partial charge on any atom is -0.480 e. The highest BCUT2D eigenvalue weighted by atomic mass is 32.2. The van der Waals surface area contributed by atoms with Crippen molar-refractivity contribution < 1.29 is 19.4 Å². The van der Waals surface area contributed by atoms with Crippen LogP contribution in [0.3, 0.4) is 0 Å². The van der Waals surface area contributed by atoms with E-state index in [0.717, 1.165) is 32.7 Å². The minimum atomic E-state index is -1.09. The number of thioether (sulfide) groups is 1. The van der Waals surface area contributed by atoms with E-state index in [2.05, 4.69) is 30.4 Å². The van der Waals surface area contributed by atoms with Crippen LogP contribution in [0.4, 0.5) is 0 Å². The van der Waals surface area contributed by atoms with Gasteiger partial charge in [-0.1, -0.05) is 42.5 Å². The molecule has 0 aliphatic rings. The Morgan fingerprint density at radius 3 is 2.40 bits per heavy atom. The van der Waals surface area contributed by atoms with E-state index in [1.165, 1.54) is 6.92 Å². The van der Waals surface area contributed by atoms with E-state index in [-0.39, 0.29) is 27.0 Å². The van der Waals surface area contributed by atoms with Crippen molar-refractivity contribution in [2.75, 3.05) is 6.26 Å². The first-order valence-corrected chi connectivity index (χ1v) is 11.9. The highest BCUT2D eigenvalue weighted by Gasteiger charge is 2.23. The Kier molecular flexibility index (Phi) is 10.3. The maximum absolute atomic E-state index is 11.4. The van der Waals surface area contributed by atoms with Crippen LogP contribution in [-0.2, 0) is 11.3 Å². The summed E-state index contributed by atoms with van der Waals surface area (Å²) in [7, 11) is 0. The smallest absolute Gasteiger partial charge is 0.323 e. The number of aliphatic hydroxyl groups excluding tert-OH is 1. The summed E-state index contributed by atoms with van der Waals surface area (Å²) in [5.74, 6) is -0.542. The summed E-state index contributed by atoms with van der Waals surface area (Å²) < 4.78 is 6.15. The molecule has 0 saturated heterocycles. The van der Waals surface area contributed by atoms with Crippen LogP contribution >= 0.6 is 38.8 Å². The molecule has 3 N–H and O–H groups in total. The van der Waals surface area contributed by atoms with Crippen LogP contribution < -0.4 is 5.32 Å². The third kappa shape index (κ3) is 6.23. The largest absolute Gasteiger partial charge is 0.480 e. The van der Waals surface area contributed by atoms with Crippen LogP contribution in [0.2, 0.25) is 0 Å². The number of carboxylic acid groups (broad SMARTS) is 1. The number of rotatable bonds is 8. The molecule has 1 heterocycles. The summed E-state index contributed by atoms with van der Waals surface area (Å²) >= 11 is 1.55. The van der Waals surface area contributed by atoms with Gasteiger partial charge in [-0.05, 0) is 60.6 Å². The molecule has 0 saturated carbocycles. The van der Waals surface area contributed by atoms with Gasteiger partial charge in [-0.25, -0.2) is 4.98 Å². The van der Waals surface area contributed by atoms with Gasteiger partial charge in [0.05, 0.1) is 6.10 Å². The van der Waals surface area contributed by atoms with Crippen molar-refractivity contribution in [1.29, 1.82) is 0 Å². The van der Waals surface area contributed by atoms with Gasteiger partial charge in [0.1, 0.15) is 11.6 Å². The zero-order valence-electron chi connectivity index (χ0n) is 19.7. The highest BCUT2D eigenvalue weighted by molar-refractivity contribution is 7.98. The van der Waals surface area contributed by atoms with Crippen molar-refractivity contribution in [1.82, 2.24) is 10.3 Å². The number of oxazole rings is 1. The molecule has 0 amide bonds. The molecular formula is C26H30N2O4S3. The number of benzene rings is 3. The third-order valence-electron chi connectivity index (χ3n) is 5.70. The van der Waals surface area contributed by atoms with Gasteiger partial charge < -0.3 is 14.6 Å². The Morgan fingerprint density at radius 2 is 1.77 bits per heavy atom. The fourth-order valence-corrected chi connectivity index (χ4v) is 4.54. The summed E-state index contributed by atoms with van der Waals surface area (Å²) in [6.07, 6.45) is 0.946. The predicted molar refractivity (Wildman–Crippen MR) is 152 cm³/mol. The Hall–Kier alpha value is -2.43. The van der Waals surface area contributed by atoms with E-state index < -0.39 is 18.1 Å². The molecule has 0 bridgehead atoms. The third-order valence-corrected chi connectivity index (χ3v) is 6.52. The quantitative estimate of drug-likeness (QED) is 0.265. The van der Waals surface area contributed by atoms with E-state index in [0.29, 0.717) is 23.5 Å². The Morgan fingerprint density at radius 1 is 1.09 bits per heavy atom. The molecule has 35 heavy (non-hydrogen) atoms. The summed E-state index contributed by atoms with van der Waals surface area (Å²) in [5, 5.41) is 22.0. The highest BCUT2D eigenvalue weighted by Crippen LogP contribution is 2.34. The number of carboxylic acids is 1. The van der Waals surface area contributed by atoms with Gasteiger partial charge in [0.2, 0.25) is 5.89 Å². The van der Waals surface area contributed by atoms with Gasteiger partial charge in [-0.3, -0.25) is 10.1 Å². The van der Waals surface area contributed by atoms with Gasteiger partial charge in [-0.2, -0.15) is 27.0 Å². The second kappa shape index (κ2) is 12.5. The monoisotopic (exact) mass is 530 g/mol. The van der Waals surface area contributed by atoms with Crippen molar-refractivity contribution >= 4 is 55.8 Å². The molecule has 6 nitrogen and oxygen atoms in total. The average molecular weight is 531 g/mol. The SMILES string of the molecule is CSc1cc2oc(-c3cccc(-c4ccccc4)c3C)nc2cc1CN[C@H](C(=O)O)[C@H](C)O.S.S. The molecule has 186 valence electrons. The molecule has 2 atom stereocenters. The fourth-order valence-electron chi connectivity index (χ4n) is 3.92. The molecule has 0 spiro atoms. The number of nitrogens with zero attached hydrogens (tertiary/aromatic N) is 1. The van der Waals surface area contributed by atoms with E-state index in [4.69, 9.17) is 9.40 Å². The van der Waals surface area contributed by atoms with E-state index in [1.54, 1.807) is 11.8 Å². The van der Waals surface area contributed by atoms with Crippen molar-refractivity contribution in [2.45, 2.75) is 37.4 Å². The lowest BCUT2D eigenvalue weighted by atomic mass is 9.96. The van der Waals surface area contributed by atoms with Crippen molar-refractivity contribution in [2.24, 2.45) is 0 Å². The number of aromatic nitrogens is 1. The maximum atomic E-state index is 11.4. The lowest BCUT2D eigenvalue weighted by molar-refractivity contribution is -0.142. The number of carbonyl (C=O) groups is 1. The first kappa shape index (κ1) is 28.8. The van der Waals surface area contributed by atoms with E-state index in [9.17, 15) is 15.0 Å². The van der Waals surface area contributed by atoms with Crippen LogP contribution in [0.5, 0.6) is 0 Å². The normalized spacial score (nSPS) is 12.5. The first-order chi connectivity index (χ1) is 15.9. The van der Waals surface area contributed by atoms with Gasteiger partial charge in [0.15, 0.2) is 5.58 Å². The van der Waals surface area contributed by atoms with Gasteiger partial charge >= 0.3 is 5.97 Å². The lowest BCUT2D eigenvalue weighted by Gasteiger charge is -2.18. The van der Waals surface area contributed by atoms with Gasteiger partial charge in [0, 0.05) is 17.0 Å². The molecule has 9 heteroatoms. The zero-order chi connectivity index (χ0) is 23.5. The maximum Gasteiger partial charge on any atom is 0.323 e. The molecule has 0 aliphatic heterocycles. The van der Waals surface area contributed by atoms with E-state index >= 15 is 0 Å². The van der Waals surface area contributed by atoms with Crippen molar-refractivity contribution in [3.05, 3.63) is 71.8 Å². The second-order valence-electron chi connectivity index (χ2n) is 7.93. The first-order valence-electron chi connectivity index (χ1n) is 10.7. The minimum absolute atomic E-state index is 0. The Balaban J connectivity index is 0.00000216. The fraction of sp³-hybridized carbons (Fsp3) is 0.231. The summed E-state index contributed by atoms with van der Waals surface area (Å²) in [5.41, 5.74) is 6.55. The summed E-state index contributed by atoms with van der Waals surface area (Å²) in [4.78, 5) is 17.1. The molecule has 0 aliphatic carbocycles. The van der Waals surface area contributed by atoms with Crippen LogP contribution in [-0.4, -0.2) is 39.6 Å². The molecular weight excluding hydrogens is 500 g/mol. The molecule has 0 unspecified atom stereocenters. The van der Waals surface area contributed by atoms with Crippen molar-refractivity contribution in [3.8, 4) is 22.6 Å². The molecule has 1 aromatic heterocycles. The number of aliphatic carboxylic acids is 1. The number of hydrogen-bond donors (Lipinski definition) is 3. The van der Waals surface area contributed by atoms with Crippen LogP contribution in [0.15, 0.2) is 70.0 Å². The number of aliphatic hydroxyl groups is 1. The van der Waals surface area contributed by atoms with Gasteiger partial charge in [0.25, 0.3) is 0 Å². The van der Waals surface area contributed by atoms with Gasteiger partial charge in [-0.15, -0.1) is 11.8 Å². The number of hydrogen-bond acceptors (Lipinski definition) is 6. The Bertz CT molecular complexity index is 1290. The summed E-state index contributed by atoms with van der Waals surface area (Å²) in [6, 6.07) is 19.1. The van der Waals surface area contributed by atoms with Crippen LogP contribution in [0, 0.1) is 6.92 Å². The van der Waals surface area contributed by atoms with E-state index in [1.807, 2.05) is 48.7 Å². The average Bonchev–Trinajstić information content (AvgIpc) is 3.21.